The normalized spacial score (nSPS) is 11.8. The lowest BCUT2D eigenvalue weighted by Gasteiger charge is -2.26. The molecule has 1 atom stereocenters. The Morgan fingerprint density at radius 1 is 1.10 bits per heavy atom. The van der Waals surface area contributed by atoms with Gasteiger partial charge in [0.2, 0.25) is 0 Å². The Bertz CT molecular complexity index is 595. The van der Waals surface area contributed by atoms with Gasteiger partial charge in [-0.15, -0.1) is 0 Å². The molecule has 0 spiro atoms. The van der Waals surface area contributed by atoms with Gasteiger partial charge < -0.3 is 9.64 Å². The van der Waals surface area contributed by atoms with Gasteiger partial charge in [0.05, 0.1) is 18.2 Å². The Morgan fingerprint density at radius 3 is 2.38 bits per heavy atom. The average Bonchev–Trinajstić information content (AvgIpc) is 2.54. The minimum atomic E-state index is -0.0320. The summed E-state index contributed by atoms with van der Waals surface area (Å²) in [6.45, 7) is 4.48. The SMILES string of the molecule is CCOc1ccccc1C(=O)N(C)C(C)c1ccccc1. The molecule has 110 valence electrons. The molecule has 0 saturated heterocycles. The molecule has 0 aliphatic heterocycles. The van der Waals surface area contributed by atoms with Gasteiger partial charge in [-0.25, -0.2) is 0 Å². The van der Waals surface area contributed by atoms with Crippen molar-refractivity contribution in [3.8, 4) is 5.75 Å². The number of hydrogen-bond donors (Lipinski definition) is 0. The van der Waals surface area contributed by atoms with Crippen LogP contribution in [0.5, 0.6) is 5.75 Å². The minimum Gasteiger partial charge on any atom is -0.493 e. The van der Waals surface area contributed by atoms with E-state index >= 15 is 0 Å². The van der Waals surface area contributed by atoms with Gasteiger partial charge in [-0.1, -0.05) is 42.5 Å². The summed E-state index contributed by atoms with van der Waals surface area (Å²) in [5.74, 6) is 0.604. The van der Waals surface area contributed by atoms with E-state index in [0.717, 1.165) is 5.56 Å². The number of benzene rings is 2. The Kier molecular flexibility index (Phi) is 4.99. The summed E-state index contributed by atoms with van der Waals surface area (Å²) >= 11 is 0. The lowest BCUT2D eigenvalue weighted by atomic mass is 10.1. The molecule has 2 aromatic rings. The van der Waals surface area contributed by atoms with Gasteiger partial charge in [-0.05, 0) is 31.5 Å². The maximum absolute atomic E-state index is 12.7. The highest BCUT2D eigenvalue weighted by Gasteiger charge is 2.21. The van der Waals surface area contributed by atoms with Crippen LogP contribution in [0.15, 0.2) is 54.6 Å². The Morgan fingerprint density at radius 2 is 1.71 bits per heavy atom. The van der Waals surface area contributed by atoms with Crippen LogP contribution >= 0.6 is 0 Å². The molecule has 0 fully saturated rings. The van der Waals surface area contributed by atoms with Gasteiger partial charge in [-0.3, -0.25) is 4.79 Å². The lowest BCUT2D eigenvalue weighted by Crippen LogP contribution is -2.30. The van der Waals surface area contributed by atoms with Crippen molar-refractivity contribution >= 4 is 5.91 Å². The van der Waals surface area contributed by atoms with Crippen molar-refractivity contribution in [2.45, 2.75) is 19.9 Å². The summed E-state index contributed by atoms with van der Waals surface area (Å²) in [5, 5.41) is 0. The molecule has 0 aliphatic carbocycles. The molecule has 2 aromatic carbocycles. The van der Waals surface area contributed by atoms with E-state index in [2.05, 4.69) is 0 Å². The van der Waals surface area contributed by atoms with Gasteiger partial charge >= 0.3 is 0 Å². The van der Waals surface area contributed by atoms with Gasteiger partial charge in [-0.2, -0.15) is 0 Å². The summed E-state index contributed by atoms with van der Waals surface area (Å²) in [7, 11) is 1.82. The standard InChI is InChI=1S/C18H21NO2/c1-4-21-17-13-9-8-12-16(17)18(20)19(3)14(2)15-10-6-5-7-11-15/h5-14H,4H2,1-3H3. The van der Waals surface area contributed by atoms with Crippen LogP contribution in [-0.2, 0) is 0 Å². The van der Waals surface area contributed by atoms with Crippen LogP contribution in [0.4, 0.5) is 0 Å². The molecule has 3 heteroatoms. The molecular formula is C18H21NO2. The summed E-state index contributed by atoms with van der Waals surface area (Å²) in [6.07, 6.45) is 0. The zero-order chi connectivity index (χ0) is 15.2. The van der Waals surface area contributed by atoms with E-state index < -0.39 is 0 Å². The molecule has 0 heterocycles. The number of carbonyl (C=O) groups is 1. The van der Waals surface area contributed by atoms with E-state index in [1.54, 1.807) is 4.90 Å². The Hall–Kier alpha value is -2.29. The highest BCUT2D eigenvalue weighted by atomic mass is 16.5. The highest BCUT2D eigenvalue weighted by molar-refractivity contribution is 5.97. The summed E-state index contributed by atoms with van der Waals surface area (Å²) < 4.78 is 5.55. The van der Waals surface area contributed by atoms with Crippen LogP contribution in [0.2, 0.25) is 0 Å². The van der Waals surface area contributed by atoms with E-state index in [9.17, 15) is 4.79 Å². The number of rotatable bonds is 5. The topological polar surface area (TPSA) is 29.5 Å². The van der Waals surface area contributed by atoms with Crippen molar-refractivity contribution in [3.63, 3.8) is 0 Å². The van der Waals surface area contributed by atoms with Crippen molar-refractivity contribution in [1.82, 2.24) is 4.90 Å². The van der Waals surface area contributed by atoms with E-state index in [1.807, 2.05) is 75.5 Å². The van der Waals surface area contributed by atoms with Crippen molar-refractivity contribution in [3.05, 3.63) is 65.7 Å². The third-order valence-electron chi connectivity index (χ3n) is 3.60. The number of amides is 1. The van der Waals surface area contributed by atoms with Gasteiger partial charge in [0.1, 0.15) is 5.75 Å². The second-order valence-corrected chi connectivity index (χ2v) is 4.93. The van der Waals surface area contributed by atoms with Crippen LogP contribution in [0, 0.1) is 0 Å². The molecule has 1 unspecified atom stereocenters. The van der Waals surface area contributed by atoms with Crippen molar-refractivity contribution in [2.24, 2.45) is 0 Å². The fourth-order valence-electron chi connectivity index (χ4n) is 2.25. The highest BCUT2D eigenvalue weighted by Crippen LogP contribution is 2.24. The Balaban J connectivity index is 2.23. The third-order valence-corrected chi connectivity index (χ3v) is 3.60. The first-order valence-electron chi connectivity index (χ1n) is 7.19. The van der Waals surface area contributed by atoms with Crippen LogP contribution in [-0.4, -0.2) is 24.5 Å². The van der Waals surface area contributed by atoms with Gasteiger partial charge in [0.15, 0.2) is 0 Å². The third kappa shape index (κ3) is 3.43. The molecular weight excluding hydrogens is 262 g/mol. The first-order chi connectivity index (χ1) is 10.1. The van der Waals surface area contributed by atoms with Crippen molar-refractivity contribution in [2.75, 3.05) is 13.7 Å². The monoisotopic (exact) mass is 283 g/mol. The minimum absolute atomic E-state index is 0.00776. The lowest BCUT2D eigenvalue weighted by molar-refractivity contribution is 0.0738. The van der Waals surface area contributed by atoms with E-state index in [4.69, 9.17) is 4.74 Å². The molecule has 0 aliphatic rings. The van der Waals surface area contributed by atoms with Crippen LogP contribution in [0.1, 0.15) is 35.8 Å². The predicted octanol–water partition coefficient (Wildman–Crippen LogP) is 3.92. The molecule has 21 heavy (non-hydrogen) atoms. The molecule has 1 amide bonds. The van der Waals surface area contributed by atoms with E-state index in [-0.39, 0.29) is 11.9 Å². The van der Waals surface area contributed by atoms with Crippen LogP contribution in [0.25, 0.3) is 0 Å². The second-order valence-electron chi connectivity index (χ2n) is 4.93. The first kappa shape index (κ1) is 15.1. The molecule has 0 aromatic heterocycles. The number of ether oxygens (including phenoxy) is 1. The smallest absolute Gasteiger partial charge is 0.257 e. The molecule has 2 rings (SSSR count). The van der Waals surface area contributed by atoms with E-state index in [1.165, 1.54) is 0 Å². The molecule has 0 saturated carbocycles. The van der Waals surface area contributed by atoms with Crippen LogP contribution in [0.3, 0.4) is 0 Å². The maximum atomic E-state index is 12.7. The van der Waals surface area contributed by atoms with Gasteiger partial charge in [0.25, 0.3) is 5.91 Å². The molecule has 0 radical (unpaired) electrons. The number of nitrogens with zero attached hydrogens (tertiary/aromatic N) is 1. The molecule has 0 bridgehead atoms. The predicted molar refractivity (Wildman–Crippen MR) is 84.6 cm³/mol. The zero-order valence-corrected chi connectivity index (χ0v) is 12.7. The fraction of sp³-hybridized carbons (Fsp3) is 0.278. The van der Waals surface area contributed by atoms with E-state index in [0.29, 0.717) is 17.9 Å². The quantitative estimate of drug-likeness (QED) is 0.832. The Labute approximate surface area is 126 Å². The first-order valence-corrected chi connectivity index (χ1v) is 7.19. The van der Waals surface area contributed by atoms with Crippen LogP contribution < -0.4 is 4.74 Å². The summed E-state index contributed by atoms with van der Waals surface area (Å²) in [4.78, 5) is 14.4. The van der Waals surface area contributed by atoms with Crippen molar-refractivity contribution < 1.29 is 9.53 Å². The van der Waals surface area contributed by atoms with Gasteiger partial charge in [0, 0.05) is 7.05 Å². The summed E-state index contributed by atoms with van der Waals surface area (Å²) in [5.41, 5.74) is 1.71. The van der Waals surface area contributed by atoms with Crippen molar-refractivity contribution in [1.29, 1.82) is 0 Å². The molecule has 0 N–H and O–H groups in total. The maximum Gasteiger partial charge on any atom is 0.257 e. The fourth-order valence-corrected chi connectivity index (χ4v) is 2.25. The second kappa shape index (κ2) is 6.93. The largest absolute Gasteiger partial charge is 0.493 e. The number of hydrogen-bond acceptors (Lipinski definition) is 2. The zero-order valence-electron chi connectivity index (χ0n) is 12.7. The number of carbonyl (C=O) groups excluding carboxylic acids is 1. The molecule has 3 nitrogen and oxygen atoms in total. The average molecular weight is 283 g/mol. The number of para-hydroxylation sites is 1. The summed E-state index contributed by atoms with van der Waals surface area (Å²) in [6, 6.07) is 17.4.